The van der Waals surface area contributed by atoms with Crippen LogP contribution in [0.5, 0.6) is 0 Å². The van der Waals surface area contributed by atoms with Gasteiger partial charge in [0.05, 0.1) is 10.3 Å². The molecule has 0 spiro atoms. The third kappa shape index (κ3) is 3.24. The maximum Gasteiger partial charge on any atom is 0.266 e. The minimum Gasteiger partial charge on any atom is -0.399 e. The van der Waals surface area contributed by atoms with Crippen LogP contribution in [0.15, 0.2) is 64.4 Å². The van der Waals surface area contributed by atoms with Crippen molar-refractivity contribution in [3.63, 3.8) is 0 Å². The lowest BCUT2D eigenvalue weighted by Gasteiger charge is -2.13. The van der Waals surface area contributed by atoms with Crippen molar-refractivity contribution < 1.29 is 8.42 Å². The zero-order chi connectivity index (χ0) is 19.0. The van der Waals surface area contributed by atoms with E-state index in [1.54, 1.807) is 30.4 Å². The number of halogens is 1. The van der Waals surface area contributed by atoms with Crippen LogP contribution >= 0.6 is 15.9 Å². The molecule has 2 aromatic heterocycles. The minimum absolute atomic E-state index is 0.304. The Morgan fingerprint density at radius 2 is 2.07 bits per heavy atom. The molecule has 0 fully saturated rings. The van der Waals surface area contributed by atoms with E-state index in [-0.39, 0.29) is 0 Å². The van der Waals surface area contributed by atoms with Gasteiger partial charge in [-0.05, 0) is 59.1 Å². The summed E-state index contributed by atoms with van der Waals surface area (Å²) < 4.78 is 27.9. The summed E-state index contributed by atoms with van der Waals surface area (Å²) in [6, 6.07) is 8.93. The number of aromatic nitrogens is 3. The largest absolute Gasteiger partial charge is 0.399 e. The first kappa shape index (κ1) is 17.7. The number of hydrogen-bond acceptors (Lipinski definition) is 6. The maximum absolute atomic E-state index is 13.1. The number of nitrogens with two attached hydrogens (primary N) is 1. The van der Waals surface area contributed by atoms with Crippen LogP contribution in [0.4, 0.5) is 17.2 Å². The Hall–Kier alpha value is -2.65. The van der Waals surface area contributed by atoms with Crippen molar-refractivity contribution in [2.45, 2.75) is 12.8 Å². The van der Waals surface area contributed by atoms with Crippen molar-refractivity contribution in [2.75, 3.05) is 11.1 Å². The number of hydrogen-bond donors (Lipinski definition) is 2. The predicted molar refractivity (Wildman–Crippen MR) is 110 cm³/mol. The monoisotopic (exact) mass is 445 g/mol. The van der Waals surface area contributed by atoms with E-state index >= 15 is 0 Å². The Bertz CT molecular complexity index is 1200. The van der Waals surface area contributed by atoms with E-state index in [4.69, 9.17) is 5.73 Å². The standard InChI is InChI=1S/C18H16BrN5O2S/c19-16-10-15-17(23-13-6-4-5-12(20)9-13)21-11-22-18(15)24(16)27(25,26)14-7-2-1-3-8-14/h1-2,4-7,9-11H,3,8,20H2,(H,21,22,23). The van der Waals surface area contributed by atoms with Crippen LogP contribution in [0.2, 0.25) is 0 Å². The molecule has 9 heteroatoms. The van der Waals surface area contributed by atoms with Crippen LogP contribution in [-0.2, 0) is 10.0 Å². The predicted octanol–water partition coefficient (Wildman–Crippen LogP) is 3.93. The number of fused-ring (bicyclic) bond motifs is 1. The number of rotatable bonds is 4. The first-order valence-electron chi connectivity index (χ1n) is 8.22. The Labute approximate surface area is 164 Å². The van der Waals surface area contributed by atoms with Crippen molar-refractivity contribution in [1.29, 1.82) is 0 Å². The fourth-order valence-corrected chi connectivity index (χ4v) is 5.44. The van der Waals surface area contributed by atoms with E-state index in [2.05, 4.69) is 31.2 Å². The van der Waals surface area contributed by atoms with Gasteiger partial charge in [0.2, 0.25) is 0 Å². The van der Waals surface area contributed by atoms with Gasteiger partial charge in [0.25, 0.3) is 10.0 Å². The molecule has 0 unspecified atom stereocenters. The molecule has 1 aliphatic carbocycles. The molecule has 4 rings (SSSR count). The first-order chi connectivity index (χ1) is 13.0. The highest BCUT2D eigenvalue weighted by Gasteiger charge is 2.26. The SMILES string of the molecule is Nc1cccc(Nc2ncnc3c2cc(Br)n3S(=O)(=O)C2=CC=CCC2)c1. The third-order valence-electron chi connectivity index (χ3n) is 4.21. The first-order valence-corrected chi connectivity index (χ1v) is 10.5. The van der Waals surface area contributed by atoms with Gasteiger partial charge in [0.1, 0.15) is 16.7 Å². The van der Waals surface area contributed by atoms with Crippen molar-refractivity contribution in [2.24, 2.45) is 0 Å². The second kappa shape index (κ2) is 6.82. The normalized spacial score (nSPS) is 14.3. The number of nitrogens with zero attached hydrogens (tertiary/aromatic N) is 3. The van der Waals surface area contributed by atoms with E-state index in [9.17, 15) is 8.42 Å². The molecule has 3 N–H and O–H groups in total. The summed E-state index contributed by atoms with van der Waals surface area (Å²) in [7, 11) is -3.73. The van der Waals surface area contributed by atoms with Gasteiger partial charge < -0.3 is 11.1 Å². The summed E-state index contributed by atoms with van der Waals surface area (Å²) in [5, 5.41) is 3.76. The Balaban J connectivity index is 1.84. The lowest BCUT2D eigenvalue weighted by atomic mass is 10.2. The van der Waals surface area contributed by atoms with E-state index in [0.29, 0.717) is 44.9 Å². The van der Waals surface area contributed by atoms with E-state index in [1.807, 2.05) is 18.2 Å². The van der Waals surface area contributed by atoms with E-state index in [0.717, 1.165) is 5.69 Å². The average Bonchev–Trinajstić information content (AvgIpc) is 3.00. The highest BCUT2D eigenvalue weighted by Crippen LogP contribution is 2.33. The van der Waals surface area contributed by atoms with Crippen LogP contribution in [0.1, 0.15) is 12.8 Å². The molecule has 0 saturated carbocycles. The fraction of sp³-hybridized carbons (Fsp3) is 0.111. The molecular weight excluding hydrogens is 430 g/mol. The second-order valence-electron chi connectivity index (χ2n) is 6.05. The maximum atomic E-state index is 13.1. The van der Waals surface area contributed by atoms with E-state index in [1.165, 1.54) is 10.3 Å². The molecule has 1 aliphatic rings. The molecule has 138 valence electrons. The van der Waals surface area contributed by atoms with Crippen LogP contribution in [-0.4, -0.2) is 22.4 Å². The number of allylic oxidation sites excluding steroid dienone is 4. The van der Waals surface area contributed by atoms with Crippen LogP contribution < -0.4 is 11.1 Å². The summed E-state index contributed by atoms with van der Waals surface area (Å²) in [6.07, 6.45) is 7.83. The second-order valence-corrected chi connectivity index (χ2v) is 8.70. The summed E-state index contributed by atoms with van der Waals surface area (Å²) in [4.78, 5) is 8.83. The average molecular weight is 446 g/mol. The summed E-state index contributed by atoms with van der Waals surface area (Å²) >= 11 is 3.37. The molecular formula is C18H16BrN5O2S. The summed E-state index contributed by atoms with van der Waals surface area (Å²) in [5.41, 5.74) is 7.49. The van der Waals surface area contributed by atoms with Crippen LogP contribution in [0.25, 0.3) is 11.0 Å². The van der Waals surface area contributed by atoms with Gasteiger partial charge in [0.15, 0.2) is 5.65 Å². The van der Waals surface area contributed by atoms with Gasteiger partial charge >= 0.3 is 0 Å². The van der Waals surface area contributed by atoms with Crippen molar-refractivity contribution in [1.82, 2.24) is 13.9 Å². The molecule has 0 amide bonds. The molecule has 2 heterocycles. The van der Waals surface area contributed by atoms with Gasteiger partial charge in [0, 0.05) is 11.4 Å². The number of benzene rings is 1. The summed E-state index contributed by atoms with van der Waals surface area (Å²) in [5.74, 6) is 0.498. The third-order valence-corrected chi connectivity index (χ3v) is 6.88. The van der Waals surface area contributed by atoms with Gasteiger partial charge in [-0.1, -0.05) is 18.2 Å². The Morgan fingerprint density at radius 1 is 1.22 bits per heavy atom. The summed E-state index contributed by atoms with van der Waals surface area (Å²) in [6.45, 7) is 0. The minimum atomic E-state index is -3.73. The molecule has 3 aromatic rings. The zero-order valence-corrected chi connectivity index (χ0v) is 16.5. The number of anilines is 3. The quantitative estimate of drug-likeness (QED) is 0.589. The Morgan fingerprint density at radius 3 is 2.81 bits per heavy atom. The van der Waals surface area contributed by atoms with Crippen LogP contribution in [0, 0.1) is 0 Å². The van der Waals surface area contributed by atoms with Crippen molar-refractivity contribution in [3.8, 4) is 0 Å². The molecule has 7 nitrogen and oxygen atoms in total. The van der Waals surface area contributed by atoms with Crippen LogP contribution in [0.3, 0.4) is 0 Å². The molecule has 0 aliphatic heterocycles. The molecule has 0 saturated heterocycles. The van der Waals surface area contributed by atoms with E-state index < -0.39 is 10.0 Å². The Kier molecular flexibility index (Phi) is 4.48. The molecule has 27 heavy (non-hydrogen) atoms. The molecule has 1 aromatic carbocycles. The van der Waals surface area contributed by atoms with Crippen molar-refractivity contribution >= 4 is 54.2 Å². The fourth-order valence-electron chi connectivity index (χ4n) is 2.95. The van der Waals surface area contributed by atoms with Gasteiger partial charge in [-0.15, -0.1) is 0 Å². The zero-order valence-electron chi connectivity index (χ0n) is 14.1. The lowest BCUT2D eigenvalue weighted by molar-refractivity contribution is 0.592. The van der Waals surface area contributed by atoms with Gasteiger partial charge in [-0.25, -0.2) is 22.4 Å². The smallest absolute Gasteiger partial charge is 0.266 e. The number of nitrogens with one attached hydrogen (secondary N) is 1. The molecule has 0 bridgehead atoms. The molecule has 0 radical (unpaired) electrons. The molecule has 0 atom stereocenters. The van der Waals surface area contributed by atoms with Crippen molar-refractivity contribution in [3.05, 3.63) is 64.4 Å². The van der Waals surface area contributed by atoms with Gasteiger partial charge in [-0.2, -0.15) is 0 Å². The highest BCUT2D eigenvalue weighted by atomic mass is 79.9. The lowest BCUT2D eigenvalue weighted by Crippen LogP contribution is -2.16. The van der Waals surface area contributed by atoms with Gasteiger partial charge in [-0.3, -0.25) is 0 Å². The number of nitrogen functional groups attached to an aromatic ring is 1. The topological polar surface area (TPSA) is 103 Å². The highest BCUT2D eigenvalue weighted by molar-refractivity contribution is 9.10.